The Bertz CT molecular complexity index is 568. The van der Waals surface area contributed by atoms with Gasteiger partial charge in [-0.25, -0.2) is 4.98 Å². The van der Waals surface area contributed by atoms with Gasteiger partial charge in [-0.05, 0) is 13.0 Å². The maximum absolute atomic E-state index is 12.4. The van der Waals surface area contributed by atoms with Gasteiger partial charge in [0.25, 0.3) is 0 Å². The first-order valence-corrected chi connectivity index (χ1v) is 7.23. The van der Waals surface area contributed by atoms with Crippen molar-refractivity contribution in [3.63, 3.8) is 0 Å². The van der Waals surface area contributed by atoms with Crippen LogP contribution in [0.1, 0.15) is 19.0 Å². The molecule has 2 rings (SSSR count). The topological polar surface area (TPSA) is 68.7 Å². The molecule has 1 aliphatic heterocycles. The number of pyridine rings is 1. The van der Waals surface area contributed by atoms with Gasteiger partial charge in [0.15, 0.2) is 0 Å². The standard InChI is InChI=1S/C15H18F2N2O4/c1-10(20)7-12-9-22-6-5-19(12)14(21)8-11-3-2-4-13(18-11)23-15(16)17/h2-4,12,15H,5-9H2,1H3. The molecule has 1 aliphatic rings. The lowest BCUT2D eigenvalue weighted by molar-refractivity contribution is -0.140. The Balaban J connectivity index is 2.03. The Hall–Kier alpha value is -2.09. The number of carbonyl (C=O) groups excluding carboxylic acids is 2. The molecule has 0 bridgehead atoms. The first kappa shape index (κ1) is 17.3. The molecular weight excluding hydrogens is 310 g/mol. The van der Waals surface area contributed by atoms with Gasteiger partial charge in [0.05, 0.1) is 31.4 Å². The summed E-state index contributed by atoms with van der Waals surface area (Å²) >= 11 is 0. The molecule has 0 saturated carbocycles. The predicted molar refractivity (Wildman–Crippen MR) is 76.2 cm³/mol. The van der Waals surface area contributed by atoms with Gasteiger partial charge in [0.1, 0.15) is 5.78 Å². The van der Waals surface area contributed by atoms with Gasteiger partial charge in [-0.2, -0.15) is 8.78 Å². The van der Waals surface area contributed by atoms with Crippen LogP contribution in [0.5, 0.6) is 5.88 Å². The van der Waals surface area contributed by atoms with E-state index in [-0.39, 0.29) is 36.5 Å². The van der Waals surface area contributed by atoms with Crippen molar-refractivity contribution in [2.24, 2.45) is 0 Å². The molecule has 0 N–H and O–H groups in total. The zero-order valence-electron chi connectivity index (χ0n) is 12.7. The Labute approximate surface area is 132 Å². The second-order valence-electron chi connectivity index (χ2n) is 5.24. The molecule has 23 heavy (non-hydrogen) atoms. The number of ether oxygens (including phenoxy) is 2. The van der Waals surface area contributed by atoms with Gasteiger partial charge in [0.2, 0.25) is 11.8 Å². The maximum Gasteiger partial charge on any atom is 0.388 e. The molecule has 0 radical (unpaired) electrons. The van der Waals surface area contributed by atoms with E-state index in [1.807, 2.05) is 0 Å². The van der Waals surface area contributed by atoms with Crippen LogP contribution in [0, 0.1) is 0 Å². The molecule has 1 aromatic heterocycles. The van der Waals surface area contributed by atoms with E-state index in [2.05, 4.69) is 9.72 Å². The molecule has 1 amide bonds. The smallest absolute Gasteiger partial charge is 0.388 e. The summed E-state index contributed by atoms with van der Waals surface area (Å²) in [5, 5.41) is 0. The summed E-state index contributed by atoms with van der Waals surface area (Å²) < 4.78 is 33.9. The molecule has 1 saturated heterocycles. The van der Waals surface area contributed by atoms with E-state index in [0.717, 1.165) is 0 Å². The molecule has 0 spiro atoms. The molecule has 6 nitrogen and oxygen atoms in total. The lowest BCUT2D eigenvalue weighted by Gasteiger charge is -2.35. The summed E-state index contributed by atoms with van der Waals surface area (Å²) in [6.07, 6.45) is 0.183. The number of amides is 1. The van der Waals surface area contributed by atoms with Crippen LogP contribution in [0.2, 0.25) is 0 Å². The Kier molecular flexibility index (Phi) is 5.97. The van der Waals surface area contributed by atoms with Crippen LogP contribution in [-0.2, 0) is 20.7 Å². The molecule has 1 aromatic rings. The van der Waals surface area contributed by atoms with Gasteiger partial charge >= 0.3 is 6.61 Å². The van der Waals surface area contributed by atoms with Crippen molar-refractivity contribution in [2.75, 3.05) is 19.8 Å². The number of nitrogens with zero attached hydrogens (tertiary/aromatic N) is 2. The third kappa shape index (κ3) is 5.24. The number of morpholine rings is 1. The summed E-state index contributed by atoms with van der Waals surface area (Å²) in [5.41, 5.74) is 0.334. The number of alkyl halides is 2. The number of rotatable bonds is 6. The summed E-state index contributed by atoms with van der Waals surface area (Å²) in [7, 11) is 0. The van der Waals surface area contributed by atoms with Crippen molar-refractivity contribution < 1.29 is 27.8 Å². The first-order valence-electron chi connectivity index (χ1n) is 7.23. The minimum absolute atomic E-state index is 0.0243. The Morgan fingerprint density at radius 2 is 2.26 bits per heavy atom. The van der Waals surface area contributed by atoms with Crippen LogP contribution in [0.4, 0.5) is 8.78 Å². The van der Waals surface area contributed by atoms with Gasteiger partial charge in [-0.1, -0.05) is 6.07 Å². The molecule has 126 valence electrons. The van der Waals surface area contributed by atoms with E-state index >= 15 is 0 Å². The molecule has 0 aliphatic carbocycles. The number of hydrogen-bond acceptors (Lipinski definition) is 5. The zero-order valence-corrected chi connectivity index (χ0v) is 12.7. The quantitative estimate of drug-likeness (QED) is 0.790. The summed E-state index contributed by atoms with van der Waals surface area (Å²) in [5.74, 6) is -0.474. The van der Waals surface area contributed by atoms with Crippen molar-refractivity contribution >= 4 is 11.7 Å². The lowest BCUT2D eigenvalue weighted by Crippen LogP contribution is -2.50. The minimum Gasteiger partial charge on any atom is -0.417 e. The van der Waals surface area contributed by atoms with Crippen LogP contribution < -0.4 is 4.74 Å². The van der Waals surface area contributed by atoms with Gasteiger partial charge in [0, 0.05) is 19.0 Å². The fourth-order valence-corrected chi connectivity index (χ4v) is 2.45. The van der Waals surface area contributed by atoms with Crippen molar-refractivity contribution in [1.82, 2.24) is 9.88 Å². The van der Waals surface area contributed by atoms with Crippen LogP contribution in [0.3, 0.4) is 0 Å². The average molecular weight is 328 g/mol. The number of carbonyl (C=O) groups is 2. The zero-order chi connectivity index (χ0) is 16.8. The largest absolute Gasteiger partial charge is 0.417 e. The third-order valence-corrected chi connectivity index (χ3v) is 3.39. The minimum atomic E-state index is -2.97. The van der Waals surface area contributed by atoms with Crippen molar-refractivity contribution in [1.29, 1.82) is 0 Å². The molecule has 8 heteroatoms. The summed E-state index contributed by atoms with van der Waals surface area (Å²) in [6, 6.07) is 4.07. The average Bonchev–Trinajstić information content (AvgIpc) is 2.46. The third-order valence-electron chi connectivity index (χ3n) is 3.39. The van der Waals surface area contributed by atoms with Gasteiger partial charge < -0.3 is 14.4 Å². The Morgan fingerprint density at radius 1 is 1.48 bits per heavy atom. The maximum atomic E-state index is 12.4. The van der Waals surface area contributed by atoms with Crippen molar-refractivity contribution in [3.8, 4) is 5.88 Å². The SMILES string of the molecule is CC(=O)CC1COCCN1C(=O)Cc1cccc(OC(F)F)n1. The number of halogens is 2. The highest BCUT2D eigenvalue weighted by Gasteiger charge is 2.28. The normalized spacial score (nSPS) is 18.1. The van der Waals surface area contributed by atoms with E-state index in [9.17, 15) is 18.4 Å². The van der Waals surface area contributed by atoms with E-state index in [1.54, 1.807) is 11.0 Å². The number of Topliss-reactive ketones (excluding diaryl/α,β-unsaturated/α-hetero) is 1. The first-order chi connectivity index (χ1) is 11.0. The lowest BCUT2D eigenvalue weighted by atomic mass is 10.1. The van der Waals surface area contributed by atoms with Crippen LogP contribution in [-0.4, -0.2) is 54.0 Å². The van der Waals surface area contributed by atoms with Gasteiger partial charge in [-0.15, -0.1) is 0 Å². The van der Waals surface area contributed by atoms with Crippen LogP contribution in [0.15, 0.2) is 18.2 Å². The van der Waals surface area contributed by atoms with E-state index in [4.69, 9.17) is 4.74 Å². The second kappa shape index (κ2) is 7.96. The second-order valence-corrected chi connectivity index (χ2v) is 5.24. The van der Waals surface area contributed by atoms with Crippen molar-refractivity contribution in [3.05, 3.63) is 23.9 Å². The van der Waals surface area contributed by atoms with Crippen molar-refractivity contribution in [2.45, 2.75) is 32.4 Å². The van der Waals surface area contributed by atoms with Gasteiger partial charge in [-0.3, -0.25) is 9.59 Å². The summed E-state index contributed by atoms with van der Waals surface area (Å²) in [6.45, 7) is -0.392. The molecule has 1 atom stereocenters. The highest BCUT2D eigenvalue weighted by Crippen LogP contribution is 2.15. The molecular formula is C15H18F2N2O4. The highest BCUT2D eigenvalue weighted by molar-refractivity contribution is 5.81. The monoisotopic (exact) mass is 328 g/mol. The Morgan fingerprint density at radius 3 is 2.96 bits per heavy atom. The van der Waals surface area contributed by atoms with E-state index in [0.29, 0.717) is 25.5 Å². The molecule has 1 fully saturated rings. The number of hydrogen-bond donors (Lipinski definition) is 0. The fraction of sp³-hybridized carbons (Fsp3) is 0.533. The van der Waals surface area contributed by atoms with Crippen LogP contribution in [0.25, 0.3) is 0 Å². The number of ketones is 1. The fourth-order valence-electron chi connectivity index (χ4n) is 2.45. The molecule has 1 unspecified atom stereocenters. The number of aromatic nitrogens is 1. The molecule has 0 aromatic carbocycles. The molecule has 2 heterocycles. The van der Waals surface area contributed by atoms with E-state index < -0.39 is 6.61 Å². The predicted octanol–water partition coefficient (Wildman–Crippen LogP) is 1.43. The highest BCUT2D eigenvalue weighted by atomic mass is 19.3. The summed E-state index contributed by atoms with van der Waals surface area (Å²) in [4.78, 5) is 29.2. The van der Waals surface area contributed by atoms with Crippen LogP contribution >= 0.6 is 0 Å². The van der Waals surface area contributed by atoms with E-state index in [1.165, 1.54) is 19.1 Å².